The lowest BCUT2D eigenvalue weighted by Crippen LogP contribution is -2.59. The highest BCUT2D eigenvalue weighted by molar-refractivity contribution is 7.90. The Balaban J connectivity index is 1.55. The Morgan fingerprint density at radius 2 is 2.12 bits per heavy atom. The molecule has 24 heavy (non-hydrogen) atoms. The fourth-order valence-electron chi connectivity index (χ4n) is 3.74. The van der Waals surface area contributed by atoms with Gasteiger partial charge in [0, 0.05) is 50.1 Å². The van der Waals surface area contributed by atoms with Crippen LogP contribution in [0.15, 0.2) is 11.6 Å². The Morgan fingerprint density at radius 1 is 1.38 bits per heavy atom. The van der Waals surface area contributed by atoms with Gasteiger partial charge in [0.1, 0.15) is 14.8 Å². The van der Waals surface area contributed by atoms with Gasteiger partial charge in [-0.05, 0) is 19.8 Å². The van der Waals surface area contributed by atoms with Crippen molar-refractivity contribution < 1.29 is 13.2 Å². The van der Waals surface area contributed by atoms with Crippen molar-refractivity contribution in [1.29, 1.82) is 0 Å². The molecule has 6 nitrogen and oxygen atoms in total. The number of morpholine rings is 1. The summed E-state index contributed by atoms with van der Waals surface area (Å²) in [7, 11) is -2.95. The molecule has 1 unspecified atom stereocenters. The third-order valence-corrected chi connectivity index (χ3v) is 6.91. The van der Waals surface area contributed by atoms with E-state index in [1.165, 1.54) is 11.3 Å². The second-order valence-electron chi connectivity index (χ2n) is 7.15. The Labute approximate surface area is 148 Å². The molecule has 1 spiro atoms. The summed E-state index contributed by atoms with van der Waals surface area (Å²) in [5.41, 5.74) is -0.108. The molecular weight excluding hydrogens is 346 g/mol. The third kappa shape index (κ3) is 4.76. The van der Waals surface area contributed by atoms with Crippen LogP contribution in [0.4, 0.5) is 0 Å². The van der Waals surface area contributed by atoms with E-state index in [1.54, 1.807) is 11.3 Å². The molecule has 0 aliphatic carbocycles. The lowest BCUT2D eigenvalue weighted by atomic mass is 9.89. The molecule has 2 aliphatic rings. The molecule has 1 aromatic rings. The van der Waals surface area contributed by atoms with Crippen molar-refractivity contribution in [2.24, 2.45) is 0 Å². The first kappa shape index (κ1) is 18.3. The zero-order valence-electron chi connectivity index (χ0n) is 14.5. The van der Waals surface area contributed by atoms with Crippen LogP contribution in [0.5, 0.6) is 0 Å². The minimum atomic E-state index is -2.95. The number of hydrogen-bond acceptors (Lipinski definition) is 7. The Bertz CT molecular complexity index is 625. The van der Waals surface area contributed by atoms with E-state index in [0.29, 0.717) is 6.61 Å². The number of sulfone groups is 1. The number of piperidine rings is 1. The Kier molecular flexibility index (Phi) is 5.61. The van der Waals surface area contributed by atoms with E-state index < -0.39 is 9.84 Å². The van der Waals surface area contributed by atoms with Crippen molar-refractivity contribution in [2.45, 2.75) is 38.0 Å². The van der Waals surface area contributed by atoms with Crippen LogP contribution in [-0.2, 0) is 21.1 Å². The molecule has 0 aromatic carbocycles. The van der Waals surface area contributed by atoms with Gasteiger partial charge >= 0.3 is 0 Å². The summed E-state index contributed by atoms with van der Waals surface area (Å²) < 4.78 is 29.3. The van der Waals surface area contributed by atoms with Crippen molar-refractivity contribution in [2.75, 3.05) is 44.8 Å². The zero-order valence-corrected chi connectivity index (χ0v) is 16.1. The second-order valence-corrected chi connectivity index (χ2v) is 10.3. The van der Waals surface area contributed by atoms with Gasteiger partial charge in [0.25, 0.3) is 0 Å². The molecule has 8 heteroatoms. The normalized spacial score (nSPS) is 24.2. The molecule has 0 bridgehead atoms. The molecular formula is C16H27N3O3S2. The van der Waals surface area contributed by atoms with Gasteiger partial charge in [-0.3, -0.25) is 9.80 Å². The maximum Gasteiger partial charge on any atom is 0.148 e. The first-order valence-electron chi connectivity index (χ1n) is 8.52. The SMILES string of the molecule is CC(CS(C)(=O)=O)N1CCOC2(CCN(Cc3nccs3)CC2)C1. The van der Waals surface area contributed by atoms with Gasteiger partial charge < -0.3 is 4.74 Å². The number of ether oxygens (including phenoxy) is 1. The van der Waals surface area contributed by atoms with E-state index in [4.69, 9.17) is 4.74 Å². The molecule has 2 aliphatic heterocycles. The second kappa shape index (κ2) is 7.37. The molecule has 3 heterocycles. The fraction of sp³-hybridized carbons (Fsp3) is 0.812. The highest BCUT2D eigenvalue weighted by Crippen LogP contribution is 2.31. The highest BCUT2D eigenvalue weighted by Gasteiger charge is 2.41. The average molecular weight is 374 g/mol. The third-order valence-electron chi connectivity index (χ3n) is 5.05. The standard InChI is InChI=1S/C16H27N3O3S2/c1-14(12-24(2,20)21)19-8-9-22-16(13-19)3-6-18(7-4-16)11-15-17-5-10-23-15/h5,10,14H,3-4,6-9,11-13H2,1-2H3. The lowest BCUT2D eigenvalue weighted by molar-refractivity contribution is -0.141. The van der Waals surface area contributed by atoms with Gasteiger partial charge in [-0.25, -0.2) is 13.4 Å². The molecule has 0 radical (unpaired) electrons. The summed E-state index contributed by atoms with van der Waals surface area (Å²) in [5, 5.41) is 3.19. The summed E-state index contributed by atoms with van der Waals surface area (Å²) in [5.74, 6) is 0.221. The number of nitrogens with zero attached hydrogens (tertiary/aromatic N) is 3. The predicted molar refractivity (Wildman–Crippen MR) is 96.1 cm³/mol. The van der Waals surface area contributed by atoms with Crippen LogP contribution in [0.2, 0.25) is 0 Å². The van der Waals surface area contributed by atoms with Gasteiger partial charge in [0.05, 0.1) is 24.5 Å². The first-order chi connectivity index (χ1) is 11.4. The van der Waals surface area contributed by atoms with Crippen molar-refractivity contribution in [3.8, 4) is 0 Å². The maximum atomic E-state index is 11.6. The monoisotopic (exact) mass is 373 g/mol. The largest absolute Gasteiger partial charge is 0.372 e. The number of hydrogen-bond donors (Lipinski definition) is 0. The molecule has 0 saturated carbocycles. The van der Waals surface area contributed by atoms with Gasteiger partial charge in [0.2, 0.25) is 0 Å². The maximum absolute atomic E-state index is 11.6. The number of rotatable bonds is 5. The lowest BCUT2D eigenvalue weighted by Gasteiger charge is -2.48. The Hall–Kier alpha value is -0.540. The summed E-state index contributed by atoms with van der Waals surface area (Å²) in [6.07, 6.45) is 5.18. The van der Waals surface area contributed by atoms with Crippen LogP contribution in [0.3, 0.4) is 0 Å². The van der Waals surface area contributed by atoms with E-state index in [0.717, 1.165) is 45.6 Å². The first-order valence-corrected chi connectivity index (χ1v) is 11.5. The molecule has 136 valence electrons. The number of aromatic nitrogens is 1. The van der Waals surface area contributed by atoms with Crippen LogP contribution >= 0.6 is 11.3 Å². The molecule has 3 rings (SSSR count). The minimum Gasteiger partial charge on any atom is -0.372 e. The quantitative estimate of drug-likeness (QED) is 0.774. The number of likely N-dealkylation sites (tertiary alicyclic amines) is 1. The van der Waals surface area contributed by atoms with Crippen LogP contribution in [-0.4, -0.2) is 79.6 Å². The molecule has 1 atom stereocenters. The van der Waals surface area contributed by atoms with Crippen LogP contribution in [0.25, 0.3) is 0 Å². The van der Waals surface area contributed by atoms with Crippen LogP contribution < -0.4 is 0 Å². The summed E-state index contributed by atoms with van der Waals surface area (Å²) in [6.45, 7) is 7.30. The van der Waals surface area contributed by atoms with Gasteiger partial charge in [-0.15, -0.1) is 11.3 Å². The van der Waals surface area contributed by atoms with Gasteiger partial charge in [-0.1, -0.05) is 0 Å². The molecule has 0 N–H and O–H groups in total. The van der Waals surface area contributed by atoms with Crippen molar-refractivity contribution in [1.82, 2.24) is 14.8 Å². The van der Waals surface area contributed by atoms with Gasteiger partial charge in [-0.2, -0.15) is 0 Å². The van der Waals surface area contributed by atoms with Crippen molar-refractivity contribution >= 4 is 21.2 Å². The molecule has 2 fully saturated rings. The molecule has 0 amide bonds. The van der Waals surface area contributed by atoms with E-state index in [2.05, 4.69) is 14.8 Å². The summed E-state index contributed by atoms with van der Waals surface area (Å²) in [4.78, 5) is 9.09. The average Bonchev–Trinajstić information content (AvgIpc) is 3.01. The van der Waals surface area contributed by atoms with E-state index >= 15 is 0 Å². The number of thiazole rings is 1. The predicted octanol–water partition coefficient (Wildman–Crippen LogP) is 1.24. The van der Waals surface area contributed by atoms with Crippen molar-refractivity contribution in [3.63, 3.8) is 0 Å². The smallest absolute Gasteiger partial charge is 0.148 e. The topological polar surface area (TPSA) is 62.7 Å². The van der Waals surface area contributed by atoms with E-state index in [1.807, 2.05) is 18.5 Å². The summed E-state index contributed by atoms with van der Waals surface area (Å²) >= 11 is 1.70. The van der Waals surface area contributed by atoms with Gasteiger partial charge in [0.15, 0.2) is 0 Å². The molecule has 1 aromatic heterocycles. The van der Waals surface area contributed by atoms with Crippen LogP contribution in [0.1, 0.15) is 24.8 Å². The van der Waals surface area contributed by atoms with Crippen molar-refractivity contribution in [3.05, 3.63) is 16.6 Å². The minimum absolute atomic E-state index is 0.0501. The van der Waals surface area contributed by atoms with E-state index in [9.17, 15) is 8.42 Å². The fourth-order valence-corrected chi connectivity index (χ4v) is 5.48. The van der Waals surface area contributed by atoms with E-state index in [-0.39, 0.29) is 17.4 Å². The van der Waals surface area contributed by atoms with Crippen LogP contribution in [0, 0.1) is 0 Å². The zero-order chi connectivity index (χ0) is 17.2. The summed E-state index contributed by atoms with van der Waals surface area (Å²) in [6, 6.07) is 0.0501. The Morgan fingerprint density at radius 3 is 2.75 bits per heavy atom. The highest BCUT2D eigenvalue weighted by atomic mass is 32.2. The molecule has 2 saturated heterocycles.